The molecule has 1 heterocycles. The molecule has 0 unspecified atom stereocenters. The third-order valence-electron chi connectivity index (χ3n) is 1.13. The number of isocyanates is 2. The molecule has 0 bridgehead atoms. The molecule has 0 atom stereocenters. The van der Waals surface area contributed by atoms with Crippen LogP contribution in [-0.4, -0.2) is 28.2 Å². The van der Waals surface area contributed by atoms with Gasteiger partial charge in [0.25, 0.3) is 12.2 Å². The molecular weight excluding hydrogens is 164 g/mol. The number of rotatable bonds is 2. The summed E-state index contributed by atoms with van der Waals surface area (Å²) < 4.78 is 0. The Hall–Kier alpha value is -2.23. The Labute approximate surface area is 66.2 Å². The molecule has 60 valence electrons. The first-order valence-electron chi connectivity index (χ1n) is 2.71. The van der Waals surface area contributed by atoms with Gasteiger partial charge < -0.3 is 0 Å². The minimum atomic E-state index is -0.744. The summed E-state index contributed by atoms with van der Waals surface area (Å²) >= 11 is 0. The van der Waals surface area contributed by atoms with Gasteiger partial charge in [0.1, 0.15) is 0 Å². The molecule has 1 fully saturated rings. The second kappa shape index (κ2) is 2.79. The number of hydrogen-bond donors (Lipinski definition) is 0. The number of hydrogen-bond acceptors (Lipinski definition) is 5. The normalized spacial score (nSPS) is 14.7. The largest absolute Gasteiger partial charge is 0.374 e. The van der Waals surface area contributed by atoms with Gasteiger partial charge in [0, 0.05) is 0 Å². The maximum atomic E-state index is 10.8. The molecule has 0 spiro atoms. The Balaban J connectivity index is 2.82. The van der Waals surface area contributed by atoms with E-state index in [1.165, 1.54) is 0 Å². The highest BCUT2D eigenvalue weighted by atomic mass is 16.2. The van der Waals surface area contributed by atoms with E-state index < -0.39 is 6.03 Å². The summed E-state index contributed by atoms with van der Waals surface area (Å²) in [6.45, 7) is 3.30. The van der Waals surface area contributed by atoms with Crippen LogP contribution in [-0.2, 0) is 9.59 Å². The zero-order chi connectivity index (χ0) is 9.14. The second-order valence-electron chi connectivity index (χ2n) is 1.70. The van der Waals surface area contributed by atoms with Crippen LogP contribution in [0.5, 0.6) is 0 Å². The first-order chi connectivity index (χ1) is 5.72. The zero-order valence-electron chi connectivity index (χ0n) is 5.72. The Morgan fingerprint density at radius 2 is 1.58 bits per heavy atom. The third kappa shape index (κ3) is 0.911. The highest BCUT2D eigenvalue weighted by Crippen LogP contribution is 2.23. The van der Waals surface area contributed by atoms with Gasteiger partial charge in [-0.1, -0.05) is 16.8 Å². The van der Waals surface area contributed by atoms with Gasteiger partial charge >= 0.3 is 6.03 Å². The molecule has 1 aliphatic heterocycles. The van der Waals surface area contributed by atoms with Crippen molar-refractivity contribution in [3.05, 3.63) is 12.4 Å². The van der Waals surface area contributed by atoms with Gasteiger partial charge in [0.2, 0.25) is 0 Å². The van der Waals surface area contributed by atoms with E-state index in [2.05, 4.69) is 16.8 Å². The summed E-state index contributed by atoms with van der Waals surface area (Å²) in [5.41, 5.74) is 0. The molecule has 7 heteroatoms. The highest BCUT2D eigenvalue weighted by Gasteiger charge is 2.39. The van der Waals surface area contributed by atoms with Crippen LogP contribution in [0, 0.1) is 0 Å². The molecule has 0 aliphatic carbocycles. The number of amides is 2. The summed E-state index contributed by atoms with van der Waals surface area (Å²) in [6.07, 6.45) is 2.29. The SMILES string of the molecule is C=C1N(N=C=O)C(=O)N1N=C=O. The van der Waals surface area contributed by atoms with Gasteiger partial charge in [-0.05, 0) is 0 Å². The van der Waals surface area contributed by atoms with Crippen molar-refractivity contribution < 1.29 is 14.4 Å². The van der Waals surface area contributed by atoms with Crippen molar-refractivity contribution in [2.24, 2.45) is 10.2 Å². The van der Waals surface area contributed by atoms with E-state index in [1.807, 2.05) is 0 Å². The van der Waals surface area contributed by atoms with Gasteiger partial charge in [-0.2, -0.15) is 10.0 Å². The summed E-state index contributed by atoms with van der Waals surface area (Å²) in [6, 6.07) is -0.744. The molecule has 1 saturated heterocycles. The number of hydrazone groups is 2. The highest BCUT2D eigenvalue weighted by molar-refractivity contribution is 5.84. The van der Waals surface area contributed by atoms with Crippen molar-refractivity contribution in [3.63, 3.8) is 0 Å². The van der Waals surface area contributed by atoms with Crippen LogP contribution < -0.4 is 0 Å². The van der Waals surface area contributed by atoms with Gasteiger partial charge in [-0.15, -0.1) is 0 Å². The van der Waals surface area contributed by atoms with Crippen LogP contribution in [0.15, 0.2) is 22.6 Å². The standard InChI is InChI=1S/C5H2N4O3/c1-4-8(6-2-10)5(12)9(4)7-3-11/h1H2. The topological polar surface area (TPSA) is 82.4 Å². The summed E-state index contributed by atoms with van der Waals surface area (Å²) in [5.74, 6) is 0.00620. The molecule has 12 heavy (non-hydrogen) atoms. The van der Waals surface area contributed by atoms with Crippen molar-refractivity contribution >= 4 is 18.2 Å². The fraction of sp³-hybridized carbons (Fsp3) is 0. The fourth-order valence-electron chi connectivity index (χ4n) is 0.638. The van der Waals surface area contributed by atoms with E-state index in [4.69, 9.17) is 0 Å². The van der Waals surface area contributed by atoms with Crippen LogP contribution >= 0.6 is 0 Å². The molecular formula is C5H2N4O3. The number of carbonyl (C=O) groups is 1. The molecule has 2 amide bonds. The maximum Gasteiger partial charge on any atom is 0.374 e. The van der Waals surface area contributed by atoms with E-state index in [-0.39, 0.29) is 5.82 Å². The smallest absolute Gasteiger partial charge is 0.243 e. The minimum Gasteiger partial charge on any atom is -0.243 e. The van der Waals surface area contributed by atoms with Crippen molar-refractivity contribution in [1.29, 1.82) is 0 Å². The van der Waals surface area contributed by atoms with E-state index in [0.717, 1.165) is 12.2 Å². The molecule has 0 aromatic heterocycles. The molecule has 0 aromatic rings. The predicted octanol–water partition coefficient (Wildman–Crippen LogP) is -0.303. The van der Waals surface area contributed by atoms with E-state index in [9.17, 15) is 14.4 Å². The number of urea groups is 1. The molecule has 1 rings (SSSR count). The lowest BCUT2D eigenvalue weighted by atomic mass is 10.5. The average Bonchev–Trinajstić information content (AvgIpc) is 2.10. The average molecular weight is 166 g/mol. The fourth-order valence-corrected chi connectivity index (χ4v) is 0.638. The van der Waals surface area contributed by atoms with E-state index in [0.29, 0.717) is 10.0 Å². The van der Waals surface area contributed by atoms with Crippen molar-refractivity contribution in [1.82, 2.24) is 10.0 Å². The monoisotopic (exact) mass is 166 g/mol. The van der Waals surface area contributed by atoms with Crippen LogP contribution in [0.1, 0.15) is 0 Å². The Kier molecular flexibility index (Phi) is 1.83. The Bertz CT molecular complexity index is 291. The first-order valence-corrected chi connectivity index (χ1v) is 2.71. The number of carbonyl (C=O) groups excluding carboxylic acids is 3. The van der Waals surface area contributed by atoms with Gasteiger partial charge in [-0.3, -0.25) is 0 Å². The molecule has 0 aromatic carbocycles. The molecule has 0 N–H and O–H groups in total. The summed E-state index contributed by atoms with van der Waals surface area (Å²) in [4.78, 5) is 30.2. The van der Waals surface area contributed by atoms with Crippen molar-refractivity contribution in [2.45, 2.75) is 0 Å². The van der Waals surface area contributed by atoms with E-state index in [1.54, 1.807) is 0 Å². The van der Waals surface area contributed by atoms with Gasteiger partial charge in [0.15, 0.2) is 5.82 Å². The van der Waals surface area contributed by atoms with Crippen LogP contribution in [0.3, 0.4) is 0 Å². The van der Waals surface area contributed by atoms with Crippen molar-refractivity contribution in [3.8, 4) is 0 Å². The Morgan fingerprint density at radius 1 is 1.17 bits per heavy atom. The molecule has 1 aliphatic rings. The molecule has 7 nitrogen and oxygen atoms in total. The van der Waals surface area contributed by atoms with E-state index >= 15 is 0 Å². The molecule has 0 radical (unpaired) electrons. The Morgan fingerprint density at radius 3 is 1.83 bits per heavy atom. The lowest BCUT2D eigenvalue weighted by molar-refractivity contribution is 0.116. The third-order valence-corrected chi connectivity index (χ3v) is 1.13. The lowest BCUT2D eigenvalue weighted by Gasteiger charge is -2.33. The van der Waals surface area contributed by atoms with Crippen LogP contribution in [0.4, 0.5) is 4.79 Å². The summed E-state index contributed by atoms with van der Waals surface area (Å²) in [7, 11) is 0. The zero-order valence-corrected chi connectivity index (χ0v) is 5.72. The number of nitrogens with zero attached hydrogens (tertiary/aromatic N) is 4. The van der Waals surface area contributed by atoms with Crippen molar-refractivity contribution in [2.75, 3.05) is 0 Å². The summed E-state index contributed by atoms with van der Waals surface area (Å²) in [5, 5.41) is 7.26. The predicted molar refractivity (Wildman–Crippen MR) is 34.5 cm³/mol. The molecule has 0 saturated carbocycles. The second-order valence-corrected chi connectivity index (χ2v) is 1.70. The van der Waals surface area contributed by atoms with Crippen LogP contribution in [0.2, 0.25) is 0 Å². The minimum absolute atomic E-state index is 0.00620. The lowest BCUT2D eigenvalue weighted by Crippen LogP contribution is -2.51. The van der Waals surface area contributed by atoms with Gasteiger partial charge in [0.05, 0.1) is 0 Å². The van der Waals surface area contributed by atoms with Gasteiger partial charge in [-0.25, -0.2) is 14.4 Å². The quantitative estimate of drug-likeness (QED) is 0.417. The first kappa shape index (κ1) is 7.87. The maximum absolute atomic E-state index is 10.8. The van der Waals surface area contributed by atoms with Crippen LogP contribution in [0.25, 0.3) is 0 Å².